The zero-order valence-electron chi connectivity index (χ0n) is 8.25. The van der Waals surface area contributed by atoms with Crippen molar-refractivity contribution in [3.05, 3.63) is 11.6 Å². The van der Waals surface area contributed by atoms with Gasteiger partial charge >= 0.3 is 5.97 Å². The predicted octanol–water partition coefficient (Wildman–Crippen LogP) is 0.973. The third-order valence-electron chi connectivity index (χ3n) is 1.38. The van der Waals surface area contributed by atoms with Crippen molar-refractivity contribution in [3.8, 4) is 12.3 Å². The SMILES string of the molecule is C#CCSCCNCC(C)=CC(=O)O. The average Bonchev–Trinajstić information content (AvgIpc) is 2.10. The van der Waals surface area contributed by atoms with E-state index in [1.165, 1.54) is 6.08 Å². The number of carboxylic acid groups (broad SMARTS) is 1. The topological polar surface area (TPSA) is 49.3 Å². The molecule has 0 aromatic carbocycles. The van der Waals surface area contributed by atoms with Crippen LogP contribution in [0.3, 0.4) is 0 Å². The zero-order chi connectivity index (χ0) is 10.8. The molecule has 0 heterocycles. The summed E-state index contributed by atoms with van der Waals surface area (Å²) in [7, 11) is 0. The summed E-state index contributed by atoms with van der Waals surface area (Å²) in [6.45, 7) is 3.25. The summed E-state index contributed by atoms with van der Waals surface area (Å²) in [6.07, 6.45) is 6.29. The average molecular weight is 213 g/mol. The largest absolute Gasteiger partial charge is 0.478 e. The second-order valence-electron chi connectivity index (χ2n) is 2.76. The molecule has 0 aliphatic rings. The number of carbonyl (C=O) groups is 1. The fourth-order valence-electron chi connectivity index (χ4n) is 0.823. The first kappa shape index (κ1) is 13.1. The molecule has 0 unspecified atom stereocenters. The van der Waals surface area contributed by atoms with E-state index >= 15 is 0 Å². The number of aliphatic carboxylic acids is 1. The Morgan fingerprint density at radius 1 is 1.71 bits per heavy atom. The Balaban J connectivity index is 3.37. The van der Waals surface area contributed by atoms with Crippen molar-refractivity contribution in [2.45, 2.75) is 6.92 Å². The minimum absolute atomic E-state index is 0.614. The number of hydrogen-bond acceptors (Lipinski definition) is 3. The summed E-state index contributed by atoms with van der Waals surface area (Å²) in [4.78, 5) is 10.3. The molecule has 78 valence electrons. The van der Waals surface area contributed by atoms with E-state index in [0.717, 1.165) is 23.6 Å². The predicted molar refractivity (Wildman–Crippen MR) is 60.4 cm³/mol. The van der Waals surface area contributed by atoms with Crippen molar-refractivity contribution in [3.63, 3.8) is 0 Å². The number of hydrogen-bond donors (Lipinski definition) is 2. The molecule has 2 N–H and O–H groups in total. The summed E-state index contributed by atoms with van der Waals surface area (Å²) in [5.41, 5.74) is 0.819. The highest BCUT2D eigenvalue weighted by Gasteiger charge is 1.93. The lowest BCUT2D eigenvalue weighted by Gasteiger charge is -2.02. The summed E-state index contributed by atoms with van der Waals surface area (Å²) >= 11 is 1.68. The molecule has 0 aromatic heterocycles. The molecule has 0 spiro atoms. The third-order valence-corrected chi connectivity index (χ3v) is 2.25. The van der Waals surface area contributed by atoms with Crippen molar-refractivity contribution >= 4 is 17.7 Å². The zero-order valence-corrected chi connectivity index (χ0v) is 9.06. The van der Waals surface area contributed by atoms with Gasteiger partial charge in [0.15, 0.2) is 0 Å². The first-order valence-electron chi connectivity index (χ1n) is 4.29. The van der Waals surface area contributed by atoms with Crippen LogP contribution < -0.4 is 5.32 Å². The second kappa shape index (κ2) is 8.67. The molecule has 0 aliphatic carbocycles. The van der Waals surface area contributed by atoms with Crippen LogP contribution in [0.15, 0.2) is 11.6 Å². The van der Waals surface area contributed by atoms with Crippen LogP contribution in [0.25, 0.3) is 0 Å². The summed E-state index contributed by atoms with van der Waals surface area (Å²) < 4.78 is 0. The van der Waals surface area contributed by atoms with Crippen LogP contribution in [-0.4, -0.2) is 35.7 Å². The Morgan fingerprint density at radius 3 is 3.00 bits per heavy atom. The number of rotatable bonds is 7. The van der Waals surface area contributed by atoms with Gasteiger partial charge in [-0.25, -0.2) is 4.79 Å². The Morgan fingerprint density at radius 2 is 2.43 bits per heavy atom. The van der Waals surface area contributed by atoms with Crippen molar-refractivity contribution in [1.29, 1.82) is 0 Å². The summed E-state index contributed by atoms with van der Waals surface area (Å²) in [6, 6.07) is 0. The van der Waals surface area contributed by atoms with Crippen molar-refractivity contribution in [2.75, 3.05) is 24.6 Å². The van der Waals surface area contributed by atoms with Crippen LogP contribution in [0, 0.1) is 12.3 Å². The fourth-order valence-corrected chi connectivity index (χ4v) is 1.37. The van der Waals surface area contributed by atoms with E-state index in [1.54, 1.807) is 18.7 Å². The van der Waals surface area contributed by atoms with Crippen LogP contribution >= 0.6 is 11.8 Å². The van der Waals surface area contributed by atoms with Gasteiger partial charge in [0, 0.05) is 24.9 Å². The van der Waals surface area contributed by atoms with Gasteiger partial charge in [0.2, 0.25) is 0 Å². The van der Waals surface area contributed by atoms with Gasteiger partial charge in [-0.15, -0.1) is 18.2 Å². The molecule has 0 amide bonds. The summed E-state index contributed by atoms with van der Waals surface area (Å²) in [5, 5.41) is 11.6. The quantitative estimate of drug-likeness (QED) is 0.376. The molecule has 0 saturated carbocycles. The molecule has 0 radical (unpaired) electrons. The van der Waals surface area contributed by atoms with Gasteiger partial charge in [0.1, 0.15) is 0 Å². The van der Waals surface area contributed by atoms with Gasteiger partial charge in [0.25, 0.3) is 0 Å². The fraction of sp³-hybridized carbons (Fsp3) is 0.500. The minimum Gasteiger partial charge on any atom is -0.478 e. The molecule has 4 heteroatoms. The van der Waals surface area contributed by atoms with Crippen LogP contribution in [0.1, 0.15) is 6.92 Å². The van der Waals surface area contributed by atoms with Gasteiger partial charge in [-0.1, -0.05) is 11.5 Å². The lowest BCUT2D eigenvalue weighted by Crippen LogP contribution is -2.19. The van der Waals surface area contributed by atoms with Gasteiger partial charge in [-0.2, -0.15) is 0 Å². The number of thioether (sulfide) groups is 1. The maximum absolute atomic E-state index is 10.3. The molecule has 0 aliphatic heterocycles. The van der Waals surface area contributed by atoms with E-state index in [-0.39, 0.29) is 0 Å². The van der Waals surface area contributed by atoms with E-state index in [0.29, 0.717) is 6.54 Å². The summed E-state index contributed by atoms with van der Waals surface area (Å²) in [5.74, 6) is 3.32. The van der Waals surface area contributed by atoms with Crippen LogP contribution in [0.4, 0.5) is 0 Å². The second-order valence-corrected chi connectivity index (χ2v) is 3.87. The lowest BCUT2D eigenvalue weighted by molar-refractivity contribution is -0.131. The molecular weight excluding hydrogens is 198 g/mol. The van der Waals surface area contributed by atoms with Crippen molar-refractivity contribution < 1.29 is 9.90 Å². The van der Waals surface area contributed by atoms with Crippen molar-refractivity contribution in [1.82, 2.24) is 5.32 Å². The van der Waals surface area contributed by atoms with Crippen LogP contribution in [0.5, 0.6) is 0 Å². The van der Waals surface area contributed by atoms with Gasteiger partial charge in [-0.3, -0.25) is 0 Å². The monoisotopic (exact) mass is 213 g/mol. The van der Waals surface area contributed by atoms with E-state index < -0.39 is 5.97 Å². The maximum Gasteiger partial charge on any atom is 0.328 e. The van der Waals surface area contributed by atoms with E-state index in [4.69, 9.17) is 11.5 Å². The third kappa shape index (κ3) is 9.17. The molecule has 0 atom stereocenters. The molecule has 0 bridgehead atoms. The molecule has 0 rings (SSSR count). The first-order chi connectivity index (χ1) is 6.66. The van der Waals surface area contributed by atoms with Gasteiger partial charge in [0.05, 0.1) is 5.75 Å². The molecule has 0 aromatic rings. The van der Waals surface area contributed by atoms with Crippen LogP contribution in [-0.2, 0) is 4.79 Å². The Labute approximate surface area is 89.0 Å². The normalized spacial score (nSPS) is 11.0. The maximum atomic E-state index is 10.3. The number of terminal acetylenes is 1. The Bertz CT molecular complexity index is 243. The van der Waals surface area contributed by atoms with Crippen LogP contribution in [0.2, 0.25) is 0 Å². The highest BCUT2D eigenvalue weighted by Crippen LogP contribution is 1.96. The van der Waals surface area contributed by atoms with Gasteiger partial charge < -0.3 is 10.4 Å². The number of carboxylic acids is 1. The highest BCUT2D eigenvalue weighted by molar-refractivity contribution is 7.99. The van der Waals surface area contributed by atoms with Crippen molar-refractivity contribution in [2.24, 2.45) is 0 Å². The van der Waals surface area contributed by atoms with E-state index in [2.05, 4.69) is 11.2 Å². The molecule has 14 heavy (non-hydrogen) atoms. The van der Waals surface area contributed by atoms with Gasteiger partial charge in [-0.05, 0) is 6.92 Å². The molecular formula is C10H15NO2S. The lowest BCUT2D eigenvalue weighted by atomic mass is 10.3. The van der Waals surface area contributed by atoms with E-state index in [1.807, 2.05) is 0 Å². The molecule has 0 fully saturated rings. The smallest absolute Gasteiger partial charge is 0.328 e. The Kier molecular flexibility index (Phi) is 8.10. The highest BCUT2D eigenvalue weighted by atomic mass is 32.2. The van der Waals surface area contributed by atoms with E-state index in [9.17, 15) is 4.79 Å². The standard InChI is InChI=1S/C10H15NO2S/c1-3-5-14-6-4-11-8-9(2)7-10(12)13/h1,7,11H,4-6,8H2,2H3,(H,12,13). The molecule has 3 nitrogen and oxygen atoms in total. The number of nitrogens with one attached hydrogen (secondary N) is 1. The minimum atomic E-state index is -0.897. The Hall–Kier alpha value is -0.920. The first-order valence-corrected chi connectivity index (χ1v) is 5.44. The molecule has 0 saturated heterocycles.